The fourth-order valence-electron chi connectivity index (χ4n) is 3.03. The number of hydrogen-bond donors (Lipinski definition) is 2. The number of fused-ring (bicyclic) bond motifs is 3. The van der Waals surface area contributed by atoms with E-state index < -0.39 is 0 Å². The molecule has 1 aromatic heterocycles. The number of rotatable bonds is 5. The molecule has 0 saturated heterocycles. The first-order valence-corrected chi connectivity index (χ1v) is 8.27. The Kier molecular flexibility index (Phi) is 4.19. The van der Waals surface area contributed by atoms with Crippen LogP contribution in [0.4, 0.5) is 0 Å². The summed E-state index contributed by atoms with van der Waals surface area (Å²) in [7, 11) is 1.61. The van der Waals surface area contributed by atoms with Crippen molar-refractivity contribution in [3.05, 3.63) is 72.3 Å². The van der Waals surface area contributed by atoms with E-state index in [1.165, 1.54) is 5.39 Å². The third kappa shape index (κ3) is 2.95. The minimum Gasteiger partial charge on any atom is -0.497 e. The molecule has 0 fully saturated rings. The Bertz CT molecular complexity index is 1080. The van der Waals surface area contributed by atoms with Crippen molar-refractivity contribution in [2.24, 2.45) is 5.16 Å². The first-order chi connectivity index (χ1) is 12.8. The predicted molar refractivity (Wildman–Crippen MR) is 103 cm³/mol. The maximum Gasteiger partial charge on any atom is 0.134 e. The molecule has 0 aliphatic rings. The molecule has 0 saturated carbocycles. The Labute approximate surface area is 150 Å². The molecule has 0 spiro atoms. The topological polar surface area (TPSA) is 66.8 Å². The van der Waals surface area contributed by atoms with Gasteiger partial charge in [0.25, 0.3) is 0 Å². The van der Waals surface area contributed by atoms with Gasteiger partial charge in [-0.15, -0.1) is 0 Å². The third-order valence-electron chi connectivity index (χ3n) is 4.40. The third-order valence-corrected chi connectivity index (χ3v) is 4.40. The van der Waals surface area contributed by atoms with Crippen molar-refractivity contribution >= 4 is 27.5 Å². The summed E-state index contributed by atoms with van der Waals surface area (Å²) >= 11 is 0. The summed E-state index contributed by atoms with van der Waals surface area (Å²) < 4.78 is 11.0. The second kappa shape index (κ2) is 6.80. The highest BCUT2D eigenvalue weighted by Gasteiger charge is 2.08. The molecule has 4 rings (SSSR count). The number of nitrogens with zero attached hydrogens (tertiary/aromatic N) is 1. The van der Waals surface area contributed by atoms with Gasteiger partial charge in [-0.1, -0.05) is 23.4 Å². The van der Waals surface area contributed by atoms with E-state index in [2.05, 4.69) is 22.3 Å². The first kappa shape index (κ1) is 16.0. The summed E-state index contributed by atoms with van der Waals surface area (Å²) in [4.78, 5) is 3.39. The molecule has 4 aromatic rings. The van der Waals surface area contributed by atoms with Crippen molar-refractivity contribution in [3.63, 3.8) is 0 Å². The van der Waals surface area contributed by atoms with Crippen molar-refractivity contribution in [1.29, 1.82) is 0 Å². The molecular weight excluding hydrogens is 328 g/mol. The van der Waals surface area contributed by atoms with Crippen molar-refractivity contribution in [3.8, 4) is 11.5 Å². The van der Waals surface area contributed by atoms with E-state index >= 15 is 0 Å². The van der Waals surface area contributed by atoms with Crippen LogP contribution in [-0.2, 0) is 0 Å². The molecule has 130 valence electrons. The Morgan fingerprint density at radius 3 is 2.42 bits per heavy atom. The second-order valence-electron chi connectivity index (χ2n) is 5.94. The number of benzene rings is 3. The van der Waals surface area contributed by atoms with Crippen LogP contribution < -0.4 is 9.47 Å². The molecule has 0 unspecified atom stereocenters. The van der Waals surface area contributed by atoms with Crippen molar-refractivity contribution in [1.82, 2.24) is 4.98 Å². The van der Waals surface area contributed by atoms with E-state index in [1.54, 1.807) is 7.11 Å². The predicted octanol–water partition coefficient (Wildman–Crippen LogP) is 4.59. The molecule has 0 bridgehead atoms. The summed E-state index contributed by atoms with van der Waals surface area (Å²) in [6.07, 6.45) is 0. The standard InChI is InChI=1S/C21H18N2O3/c1-25-15-8-6-14(7-9-15)21(23-24)13-26-16-10-11-18-17-4-2-3-5-19(17)22-20(18)12-16/h2-12,22,24H,13H2,1H3/b23-21+. The van der Waals surface area contributed by atoms with Gasteiger partial charge in [-0.05, 0) is 42.5 Å². The van der Waals surface area contributed by atoms with Crippen LogP contribution in [0.25, 0.3) is 21.8 Å². The molecule has 26 heavy (non-hydrogen) atoms. The number of H-pyrrole nitrogens is 1. The van der Waals surface area contributed by atoms with Gasteiger partial charge in [0.1, 0.15) is 23.8 Å². The second-order valence-corrected chi connectivity index (χ2v) is 5.94. The minimum absolute atomic E-state index is 0.161. The SMILES string of the molecule is COc1ccc(/C(COc2ccc3c(c2)[nH]c2ccccc23)=N/O)cc1. The molecule has 2 N–H and O–H groups in total. The summed E-state index contributed by atoms with van der Waals surface area (Å²) in [5.41, 5.74) is 3.33. The van der Waals surface area contributed by atoms with Crippen LogP contribution in [0.2, 0.25) is 0 Å². The number of hydrogen-bond acceptors (Lipinski definition) is 4. The zero-order valence-electron chi connectivity index (χ0n) is 14.3. The van der Waals surface area contributed by atoms with Crippen LogP contribution >= 0.6 is 0 Å². The molecule has 0 radical (unpaired) electrons. The van der Waals surface area contributed by atoms with Gasteiger partial charge >= 0.3 is 0 Å². The monoisotopic (exact) mass is 346 g/mol. The molecule has 5 nitrogen and oxygen atoms in total. The largest absolute Gasteiger partial charge is 0.497 e. The highest BCUT2D eigenvalue weighted by molar-refractivity contribution is 6.07. The molecule has 1 heterocycles. The highest BCUT2D eigenvalue weighted by atomic mass is 16.5. The molecule has 0 aliphatic carbocycles. The summed E-state index contributed by atoms with van der Waals surface area (Å²) in [5.74, 6) is 1.45. The molecule has 0 atom stereocenters. The Morgan fingerprint density at radius 2 is 1.65 bits per heavy atom. The van der Waals surface area contributed by atoms with E-state index in [4.69, 9.17) is 9.47 Å². The maximum absolute atomic E-state index is 9.32. The lowest BCUT2D eigenvalue weighted by atomic mass is 10.1. The van der Waals surface area contributed by atoms with Gasteiger partial charge in [0, 0.05) is 27.9 Å². The van der Waals surface area contributed by atoms with Crippen LogP contribution in [0.3, 0.4) is 0 Å². The van der Waals surface area contributed by atoms with Crippen molar-refractivity contribution in [2.75, 3.05) is 13.7 Å². The first-order valence-electron chi connectivity index (χ1n) is 8.27. The zero-order chi connectivity index (χ0) is 17.9. The van der Waals surface area contributed by atoms with Gasteiger partial charge in [0.2, 0.25) is 0 Å². The number of aromatic amines is 1. The number of nitrogens with one attached hydrogen (secondary N) is 1. The summed E-state index contributed by atoms with van der Waals surface area (Å²) in [6.45, 7) is 0.161. The average Bonchev–Trinajstić information content (AvgIpc) is 3.06. The van der Waals surface area contributed by atoms with Crippen LogP contribution in [0.5, 0.6) is 11.5 Å². The van der Waals surface area contributed by atoms with E-state index in [9.17, 15) is 5.21 Å². The van der Waals surface area contributed by atoms with Crippen LogP contribution in [0.1, 0.15) is 5.56 Å². The summed E-state index contributed by atoms with van der Waals surface area (Å²) in [6, 6.07) is 21.4. The fourth-order valence-corrected chi connectivity index (χ4v) is 3.03. The van der Waals surface area contributed by atoms with Gasteiger partial charge in [-0.3, -0.25) is 0 Å². The number of methoxy groups -OCH3 is 1. The minimum atomic E-state index is 0.161. The lowest BCUT2D eigenvalue weighted by Crippen LogP contribution is -2.13. The molecule has 0 amide bonds. The van der Waals surface area contributed by atoms with Crippen LogP contribution in [-0.4, -0.2) is 29.6 Å². The maximum atomic E-state index is 9.32. The number of oxime groups is 1. The quantitative estimate of drug-likeness (QED) is 0.316. The van der Waals surface area contributed by atoms with Gasteiger partial charge in [0.05, 0.1) is 12.6 Å². The number of aromatic nitrogens is 1. The van der Waals surface area contributed by atoms with Gasteiger partial charge < -0.3 is 19.7 Å². The molecule has 5 heteroatoms. The van der Waals surface area contributed by atoms with Gasteiger partial charge in [-0.25, -0.2) is 0 Å². The smallest absolute Gasteiger partial charge is 0.134 e. The van der Waals surface area contributed by atoms with E-state index in [0.717, 1.165) is 27.7 Å². The summed E-state index contributed by atoms with van der Waals surface area (Å²) in [5, 5.41) is 15.0. The van der Waals surface area contributed by atoms with Crippen LogP contribution in [0.15, 0.2) is 71.9 Å². The highest BCUT2D eigenvalue weighted by Crippen LogP contribution is 2.28. The number of para-hydroxylation sites is 1. The van der Waals surface area contributed by atoms with Crippen LogP contribution in [0, 0.1) is 0 Å². The number of ether oxygens (including phenoxy) is 2. The van der Waals surface area contributed by atoms with Crippen molar-refractivity contribution in [2.45, 2.75) is 0 Å². The van der Waals surface area contributed by atoms with Gasteiger partial charge in [0.15, 0.2) is 0 Å². The fraction of sp³-hybridized carbons (Fsp3) is 0.0952. The van der Waals surface area contributed by atoms with E-state index in [0.29, 0.717) is 11.5 Å². The molecule has 0 aliphatic heterocycles. The Morgan fingerprint density at radius 1 is 0.923 bits per heavy atom. The van der Waals surface area contributed by atoms with Crippen molar-refractivity contribution < 1.29 is 14.7 Å². The lowest BCUT2D eigenvalue weighted by Gasteiger charge is -2.09. The van der Waals surface area contributed by atoms with Gasteiger partial charge in [-0.2, -0.15) is 0 Å². The molecule has 3 aromatic carbocycles. The molecular formula is C21H18N2O3. The zero-order valence-corrected chi connectivity index (χ0v) is 14.3. The van der Waals surface area contributed by atoms with E-state index in [1.807, 2.05) is 54.6 Å². The Hall–Kier alpha value is -3.47. The van der Waals surface area contributed by atoms with E-state index in [-0.39, 0.29) is 6.61 Å². The lowest BCUT2D eigenvalue weighted by molar-refractivity contribution is 0.308. The Balaban J connectivity index is 1.55. The normalized spacial score (nSPS) is 11.8. The average molecular weight is 346 g/mol.